The predicted molar refractivity (Wildman–Crippen MR) is 69.4 cm³/mol. The lowest BCUT2D eigenvalue weighted by molar-refractivity contribution is -0.0891. The number of rotatable bonds is 5. The van der Waals surface area contributed by atoms with Crippen LogP contribution in [0.15, 0.2) is 12.4 Å². The average Bonchev–Trinajstić information content (AvgIpc) is 2.81. The molecule has 2 atom stereocenters. The molecule has 1 aliphatic rings. The van der Waals surface area contributed by atoms with Gasteiger partial charge in [-0.05, 0) is 13.0 Å². The van der Waals surface area contributed by atoms with Gasteiger partial charge in [-0.25, -0.2) is 4.98 Å². The van der Waals surface area contributed by atoms with Crippen molar-refractivity contribution < 1.29 is 9.84 Å². The Balaban J connectivity index is 1.80. The minimum absolute atomic E-state index is 0.0565. The molecule has 0 aromatic carbocycles. The number of hydrogen-bond acceptors (Lipinski definition) is 4. The molecule has 1 aliphatic heterocycles. The van der Waals surface area contributed by atoms with E-state index in [1.165, 1.54) is 0 Å². The van der Waals surface area contributed by atoms with Crippen molar-refractivity contribution >= 4 is 0 Å². The monoisotopic (exact) mass is 253 g/mol. The van der Waals surface area contributed by atoms with E-state index in [9.17, 15) is 5.11 Å². The number of ether oxygens (including phenoxy) is 1. The van der Waals surface area contributed by atoms with Gasteiger partial charge in [0.25, 0.3) is 0 Å². The summed E-state index contributed by atoms with van der Waals surface area (Å²) in [6.45, 7) is 5.68. The van der Waals surface area contributed by atoms with Crippen molar-refractivity contribution in [3.63, 3.8) is 0 Å². The molecule has 0 radical (unpaired) electrons. The molecule has 18 heavy (non-hydrogen) atoms. The van der Waals surface area contributed by atoms with E-state index in [1.54, 1.807) is 6.20 Å². The molecule has 1 saturated heterocycles. The van der Waals surface area contributed by atoms with Gasteiger partial charge in [0.15, 0.2) is 0 Å². The zero-order chi connectivity index (χ0) is 13.0. The number of imidazole rings is 1. The number of aliphatic hydroxyl groups is 1. The number of likely N-dealkylation sites (N-methyl/N-ethyl adjacent to an activating group) is 1. The van der Waals surface area contributed by atoms with Crippen molar-refractivity contribution in [1.29, 1.82) is 0 Å². The smallest absolute Gasteiger partial charge is 0.108 e. The first-order valence-electron chi connectivity index (χ1n) is 6.69. The molecular weight excluding hydrogens is 230 g/mol. The molecule has 5 nitrogen and oxygen atoms in total. The summed E-state index contributed by atoms with van der Waals surface area (Å²) in [6.07, 6.45) is 4.74. The minimum atomic E-state index is -0.406. The average molecular weight is 253 g/mol. The Bertz CT molecular complexity index is 367. The molecule has 1 N–H and O–H groups in total. The molecule has 102 valence electrons. The molecule has 2 rings (SSSR count). The number of aryl methyl sites for hydroxylation is 2. The van der Waals surface area contributed by atoms with E-state index in [0.29, 0.717) is 6.42 Å². The molecule has 1 fully saturated rings. The van der Waals surface area contributed by atoms with Crippen LogP contribution < -0.4 is 0 Å². The van der Waals surface area contributed by atoms with Crippen LogP contribution in [0.4, 0.5) is 0 Å². The van der Waals surface area contributed by atoms with Crippen LogP contribution >= 0.6 is 0 Å². The van der Waals surface area contributed by atoms with Crippen molar-refractivity contribution in [2.24, 2.45) is 7.05 Å². The molecule has 5 heteroatoms. The highest BCUT2D eigenvalue weighted by molar-refractivity contribution is 4.92. The van der Waals surface area contributed by atoms with Crippen LogP contribution in [-0.2, 0) is 18.2 Å². The molecule has 0 aliphatic carbocycles. The van der Waals surface area contributed by atoms with E-state index in [4.69, 9.17) is 4.74 Å². The van der Waals surface area contributed by atoms with Crippen LogP contribution in [0.2, 0.25) is 0 Å². The number of aliphatic hydroxyl groups excluding tert-OH is 1. The maximum atomic E-state index is 10.2. The summed E-state index contributed by atoms with van der Waals surface area (Å²) in [7, 11) is 1.98. The maximum absolute atomic E-state index is 10.2. The van der Waals surface area contributed by atoms with Crippen LogP contribution in [0.1, 0.15) is 19.2 Å². The van der Waals surface area contributed by atoms with Gasteiger partial charge in [0, 0.05) is 39.0 Å². The first-order chi connectivity index (χ1) is 8.70. The van der Waals surface area contributed by atoms with Gasteiger partial charge in [0.05, 0.1) is 18.8 Å². The number of morpholine rings is 1. The number of nitrogens with zero attached hydrogens (tertiary/aromatic N) is 3. The Morgan fingerprint density at radius 2 is 2.44 bits per heavy atom. The molecule has 0 bridgehead atoms. The van der Waals surface area contributed by atoms with Gasteiger partial charge in [-0.2, -0.15) is 0 Å². The van der Waals surface area contributed by atoms with Crippen LogP contribution in [0.25, 0.3) is 0 Å². The molecule has 0 spiro atoms. The highest BCUT2D eigenvalue weighted by Gasteiger charge is 2.26. The van der Waals surface area contributed by atoms with Gasteiger partial charge in [-0.1, -0.05) is 6.92 Å². The van der Waals surface area contributed by atoms with E-state index in [-0.39, 0.29) is 6.10 Å². The fourth-order valence-electron chi connectivity index (χ4n) is 2.35. The second-order valence-corrected chi connectivity index (χ2v) is 4.86. The SMILES string of the molecule is CCN1CCOC(C(O)CCc2nccn2C)C1. The molecule has 0 amide bonds. The zero-order valence-corrected chi connectivity index (χ0v) is 11.2. The Morgan fingerprint density at radius 3 is 3.11 bits per heavy atom. The fraction of sp³-hybridized carbons (Fsp3) is 0.769. The summed E-state index contributed by atoms with van der Waals surface area (Å²) in [4.78, 5) is 6.58. The van der Waals surface area contributed by atoms with Gasteiger partial charge in [-0.3, -0.25) is 4.90 Å². The quantitative estimate of drug-likeness (QED) is 0.827. The van der Waals surface area contributed by atoms with Crippen molar-refractivity contribution in [3.8, 4) is 0 Å². The Kier molecular flexibility index (Phi) is 4.74. The maximum Gasteiger partial charge on any atom is 0.108 e. The predicted octanol–water partition coefficient (Wildman–Crippen LogP) is 0.434. The minimum Gasteiger partial charge on any atom is -0.390 e. The lowest BCUT2D eigenvalue weighted by Gasteiger charge is -2.34. The molecule has 1 aromatic heterocycles. The third-order valence-electron chi connectivity index (χ3n) is 3.64. The molecule has 0 saturated carbocycles. The summed E-state index contributed by atoms with van der Waals surface area (Å²) in [5.41, 5.74) is 0. The zero-order valence-electron chi connectivity index (χ0n) is 11.2. The number of aromatic nitrogens is 2. The second-order valence-electron chi connectivity index (χ2n) is 4.86. The molecule has 2 unspecified atom stereocenters. The van der Waals surface area contributed by atoms with Crippen molar-refractivity contribution in [3.05, 3.63) is 18.2 Å². The van der Waals surface area contributed by atoms with Crippen LogP contribution in [-0.4, -0.2) is 58.0 Å². The fourth-order valence-corrected chi connectivity index (χ4v) is 2.35. The number of hydrogen-bond donors (Lipinski definition) is 1. The summed E-state index contributed by atoms with van der Waals surface area (Å²) in [5.74, 6) is 1.01. The Hall–Kier alpha value is -0.910. The first-order valence-corrected chi connectivity index (χ1v) is 6.69. The second kappa shape index (κ2) is 6.31. The van der Waals surface area contributed by atoms with Crippen molar-refractivity contribution in [2.45, 2.75) is 32.0 Å². The van der Waals surface area contributed by atoms with Gasteiger partial charge in [-0.15, -0.1) is 0 Å². The van der Waals surface area contributed by atoms with E-state index in [2.05, 4.69) is 16.8 Å². The van der Waals surface area contributed by atoms with Crippen molar-refractivity contribution in [2.75, 3.05) is 26.2 Å². The standard InChI is InChI=1S/C13H23N3O2/c1-3-16-8-9-18-12(10-16)11(17)4-5-13-14-6-7-15(13)2/h6-7,11-12,17H,3-5,8-10H2,1-2H3. The van der Waals surface area contributed by atoms with Gasteiger partial charge >= 0.3 is 0 Å². The topological polar surface area (TPSA) is 50.5 Å². The summed E-state index contributed by atoms with van der Waals surface area (Å²) >= 11 is 0. The third kappa shape index (κ3) is 3.31. The normalized spacial score (nSPS) is 23.2. The van der Waals surface area contributed by atoms with Crippen LogP contribution in [0, 0.1) is 0 Å². The summed E-state index contributed by atoms with van der Waals surface area (Å²) < 4.78 is 7.65. The van der Waals surface area contributed by atoms with Crippen molar-refractivity contribution in [1.82, 2.24) is 14.5 Å². The van der Waals surface area contributed by atoms with Gasteiger partial charge < -0.3 is 14.4 Å². The Morgan fingerprint density at radius 1 is 1.61 bits per heavy atom. The van der Waals surface area contributed by atoms with E-state index in [1.807, 2.05) is 17.8 Å². The lowest BCUT2D eigenvalue weighted by atomic mass is 10.1. The molecule has 1 aromatic rings. The van der Waals surface area contributed by atoms with E-state index >= 15 is 0 Å². The van der Waals surface area contributed by atoms with Gasteiger partial charge in [0.1, 0.15) is 5.82 Å². The van der Waals surface area contributed by atoms with E-state index < -0.39 is 6.10 Å². The van der Waals surface area contributed by atoms with E-state index in [0.717, 1.165) is 38.5 Å². The van der Waals surface area contributed by atoms with Gasteiger partial charge in [0.2, 0.25) is 0 Å². The largest absolute Gasteiger partial charge is 0.390 e. The Labute approximate surface area is 108 Å². The molecular formula is C13H23N3O2. The third-order valence-corrected chi connectivity index (χ3v) is 3.64. The lowest BCUT2D eigenvalue weighted by Crippen LogP contribution is -2.47. The first kappa shape index (κ1) is 13.5. The summed E-state index contributed by atoms with van der Waals surface area (Å²) in [5, 5.41) is 10.2. The van der Waals surface area contributed by atoms with Crippen LogP contribution in [0.3, 0.4) is 0 Å². The highest BCUT2D eigenvalue weighted by atomic mass is 16.5. The highest BCUT2D eigenvalue weighted by Crippen LogP contribution is 2.13. The molecule has 2 heterocycles. The van der Waals surface area contributed by atoms with Crippen LogP contribution in [0.5, 0.6) is 0 Å². The summed E-state index contributed by atoms with van der Waals surface area (Å²) in [6, 6.07) is 0.